The molecule has 0 saturated heterocycles. The number of nitrogens with two attached hydrogens (primary N) is 1. The van der Waals surface area contributed by atoms with Gasteiger partial charge < -0.3 is 10.5 Å². The van der Waals surface area contributed by atoms with E-state index < -0.39 is 0 Å². The number of aromatic nitrogens is 2. The summed E-state index contributed by atoms with van der Waals surface area (Å²) in [6.45, 7) is 1.98. The molecule has 1 heterocycles. The highest BCUT2D eigenvalue weighted by Gasteiger charge is 2.15. The number of benzene rings is 1. The summed E-state index contributed by atoms with van der Waals surface area (Å²) in [7, 11) is 3.60. The average molecular weight is 324 g/mol. The molecule has 1 aromatic carbocycles. The number of ether oxygens (including phenoxy) is 1. The summed E-state index contributed by atoms with van der Waals surface area (Å²) in [6, 6.07) is 7.86. The molecular weight excluding hydrogens is 306 g/mol. The molecule has 1 aromatic heterocycles. The molecule has 5 heteroatoms. The summed E-state index contributed by atoms with van der Waals surface area (Å²) in [5.41, 5.74) is 9.43. The molecule has 1 atom stereocenters. The minimum absolute atomic E-state index is 0.113. The fraction of sp³-hybridized carbons (Fsp3) is 0.357. The molecule has 0 aliphatic carbocycles. The molecule has 4 nitrogen and oxygen atoms in total. The number of hydrogen-bond donors (Lipinski definition) is 1. The van der Waals surface area contributed by atoms with Crippen LogP contribution in [0.5, 0.6) is 5.75 Å². The first kappa shape index (κ1) is 14.1. The number of nitrogens with zero attached hydrogens (tertiary/aromatic N) is 2. The van der Waals surface area contributed by atoms with Crippen LogP contribution in [0.1, 0.15) is 23.0 Å². The Hall–Kier alpha value is -1.33. The van der Waals surface area contributed by atoms with Gasteiger partial charge in [-0.2, -0.15) is 5.10 Å². The maximum atomic E-state index is 6.30. The third-order valence-corrected chi connectivity index (χ3v) is 3.62. The van der Waals surface area contributed by atoms with Gasteiger partial charge in [0, 0.05) is 35.2 Å². The van der Waals surface area contributed by atoms with Gasteiger partial charge in [-0.15, -0.1) is 0 Å². The fourth-order valence-electron chi connectivity index (χ4n) is 2.18. The lowest BCUT2D eigenvalue weighted by atomic mass is 10.0. The molecule has 0 bridgehead atoms. The predicted molar refractivity (Wildman–Crippen MR) is 79.3 cm³/mol. The smallest absolute Gasteiger partial charge is 0.124 e. The normalized spacial score (nSPS) is 12.5. The minimum Gasteiger partial charge on any atom is -0.496 e. The molecule has 19 heavy (non-hydrogen) atoms. The third kappa shape index (κ3) is 3.16. The highest BCUT2D eigenvalue weighted by Crippen LogP contribution is 2.29. The summed E-state index contributed by atoms with van der Waals surface area (Å²) in [5, 5.41) is 4.34. The number of aryl methyl sites for hydroxylation is 2. The molecule has 0 fully saturated rings. The van der Waals surface area contributed by atoms with Crippen molar-refractivity contribution in [2.75, 3.05) is 7.11 Å². The van der Waals surface area contributed by atoms with Gasteiger partial charge in [-0.05, 0) is 25.1 Å². The van der Waals surface area contributed by atoms with Gasteiger partial charge in [0.15, 0.2) is 0 Å². The Balaban J connectivity index is 2.24. The summed E-state index contributed by atoms with van der Waals surface area (Å²) in [4.78, 5) is 0. The van der Waals surface area contributed by atoms with Crippen molar-refractivity contribution in [2.45, 2.75) is 19.4 Å². The second kappa shape index (κ2) is 5.75. The first-order chi connectivity index (χ1) is 9.01. The number of halogens is 1. The number of methoxy groups -OCH3 is 1. The van der Waals surface area contributed by atoms with Crippen molar-refractivity contribution in [2.24, 2.45) is 12.8 Å². The molecular formula is C14H18BrN3O. The van der Waals surface area contributed by atoms with E-state index in [0.717, 1.165) is 33.6 Å². The van der Waals surface area contributed by atoms with Crippen LogP contribution in [0.4, 0.5) is 0 Å². The topological polar surface area (TPSA) is 53.1 Å². The Morgan fingerprint density at radius 1 is 1.42 bits per heavy atom. The second-order valence-corrected chi connectivity index (χ2v) is 5.51. The molecule has 0 aliphatic rings. The molecule has 1 unspecified atom stereocenters. The Labute approximate surface area is 121 Å². The fourth-order valence-corrected chi connectivity index (χ4v) is 2.52. The number of hydrogen-bond acceptors (Lipinski definition) is 3. The molecule has 0 aliphatic heterocycles. The minimum atomic E-state index is -0.113. The Bertz CT molecular complexity index is 580. The molecule has 0 amide bonds. The number of rotatable bonds is 4. The quantitative estimate of drug-likeness (QED) is 0.941. The van der Waals surface area contributed by atoms with Gasteiger partial charge in [-0.25, -0.2) is 0 Å². The Kier molecular flexibility index (Phi) is 4.27. The average Bonchev–Trinajstić information content (AvgIpc) is 2.67. The van der Waals surface area contributed by atoms with E-state index in [9.17, 15) is 0 Å². The van der Waals surface area contributed by atoms with Crippen LogP contribution >= 0.6 is 15.9 Å². The summed E-state index contributed by atoms with van der Waals surface area (Å²) in [5.74, 6) is 0.806. The first-order valence-electron chi connectivity index (χ1n) is 6.09. The van der Waals surface area contributed by atoms with Crippen LogP contribution in [0.2, 0.25) is 0 Å². The van der Waals surface area contributed by atoms with Crippen molar-refractivity contribution < 1.29 is 4.74 Å². The van der Waals surface area contributed by atoms with E-state index in [2.05, 4.69) is 27.1 Å². The standard InChI is InChI=1S/C14H18BrN3O/c1-9-6-11(18(2)17-9)8-13(16)12-5-4-10(15)7-14(12)19-3/h4-7,13H,8,16H2,1-3H3. The molecule has 0 saturated carbocycles. The van der Waals surface area contributed by atoms with E-state index in [0.29, 0.717) is 0 Å². The zero-order valence-electron chi connectivity index (χ0n) is 11.4. The van der Waals surface area contributed by atoms with Crippen LogP contribution in [0.25, 0.3) is 0 Å². The van der Waals surface area contributed by atoms with Crippen molar-refractivity contribution in [3.05, 3.63) is 45.7 Å². The second-order valence-electron chi connectivity index (χ2n) is 4.60. The summed E-state index contributed by atoms with van der Waals surface area (Å²) >= 11 is 3.43. The van der Waals surface area contributed by atoms with Crippen molar-refractivity contribution >= 4 is 15.9 Å². The van der Waals surface area contributed by atoms with E-state index in [1.165, 1.54) is 0 Å². The molecule has 0 spiro atoms. The van der Waals surface area contributed by atoms with Crippen molar-refractivity contribution in [3.63, 3.8) is 0 Å². The van der Waals surface area contributed by atoms with Gasteiger partial charge >= 0.3 is 0 Å². The van der Waals surface area contributed by atoms with Crippen LogP contribution in [0, 0.1) is 6.92 Å². The lowest BCUT2D eigenvalue weighted by Gasteiger charge is -2.16. The maximum Gasteiger partial charge on any atom is 0.124 e. The van der Waals surface area contributed by atoms with E-state index in [1.807, 2.05) is 36.9 Å². The van der Waals surface area contributed by atoms with Gasteiger partial charge in [-0.3, -0.25) is 4.68 Å². The molecule has 2 rings (SSSR count). The van der Waals surface area contributed by atoms with Crippen molar-refractivity contribution in [3.8, 4) is 5.75 Å². The molecule has 2 N–H and O–H groups in total. The van der Waals surface area contributed by atoms with E-state index in [4.69, 9.17) is 10.5 Å². The monoisotopic (exact) mass is 323 g/mol. The van der Waals surface area contributed by atoms with Gasteiger partial charge in [0.2, 0.25) is 0 Å². The lowest BCUT2D eigenvalue weighted by Crippen LogP contribution is -2.16. The first-order valence-corrected chi connectivity index (χ1v) is 6.89. The highest BCUT2D eigenvalue weighted by atomic mass is 79.9. The molecule has 0 radical (unpaired) electrons. The lowest BCUT2D eigenvalue weighted by molar-refractivity contribution is 0.404. The third-order valence-electron chi connectivity index (χ3n) is 3.12. The van der Waals surface area contributed by atoms with Crippen molar-refractivity contribution in [1.82, 2.24) is 9.78 Å². The highest BCUT2D eigenvalue weighted by molar-refractivity contribution is 9.10. The summed E-state index contributed by atoms with van der Waals surface area (Å²) in [6.07, 6.45) is 0.731. The van der Waals surface area contributed by atoms with Crippen LogP contribution < -0.4 is 10.5 Å². The Morgan fingerprint density at radius 2 is 2.16 bits per heavy atom. The predicted octanol–water partition coefficient (Wildman–Crippen LogP) is 2.74. The largest absolute Gasteiger partial charge is 0.496 e. The zero-order chi connectivity index (χ0) is 14.0. The van der Waals surface area contributed by atoms with E-state index >= 15 is 0 Å². The zero-order valence-corrected chi connectivity index (χ0v) is 12.9. The Morgan fingerprint density at radius 3 is 2.74 bits per heavy atom. The van der Waals surface area contributed by atoms with Gasteiger partial charge in [-0.1, -0.05) is 22.0 Å². The van der Waals surface area contributed by atoms with Crippen LogP contribution in [0.15, 0.2) is 28.7 Å². The van der Waals surface area contributed by atoms with E-state index in [-0.39, 0.29) is 6.04 Å². The SMILES string of the molecule is COc1cc(Br)ccc1C(N)Cc1cc(C)nn1C. The van der Waals surface area contributed by atoms with Crippen LogP contribution in [-0.4, -0.2) is 16.9 Å². The van der Waals surface area contributed by atoms with E-state index in [1.54, 1.807) is 7.11 Å². The van der Waals surface area contributed by atoms with Crippen LogP contribution in [-0.2, 0) is 13.5 Å². The van der Waals surface area contributed by atoms with Gasteiger partial charge in [0.05, 0.1) is 12.8 Å². The maximum absolute atomic E-state index is 6.30. The molecule has 102 valence electrons. The molecule has 2 aromatic rings. The van der Waals surface area contributed by atoms with Gasteiger partial charge in [0.25, 0.3) is 0 Å². The van der Waals surface area contributed by atoms with Crippen molar-refractivity contribution in [1.29, 1.82) is 0 Å². The van der Waals surface area contributed by atoms with Crippen LogP contribution in [0.3, 0.4) is 0 Å². The summed E-state index contributed by atoms with van der Waals surface area (Å²) < 4.78 is 8.25. The van der Waals surface area contributed by atoms with Gasteiger partial charge in [0.1, 0.15) is 5.75 Å².